The Hall–Kier alpha value is -3.46. The first-order valence-corrected chi connectivity index (χ1v) is 10.5. The zero-order valence-electron chi connectivity index (χ0n) is 18.0. The molecule has 1 amide bonds. The Morgan fingerprint density at radius 3 is 2.35 bits per heavy atom. The van der Waals surface area contributed by atoms with Crippen LogP contribution in [0.15, 0.2) is 42.5 Å². The van der Waals surface area contributed by atoms with Crippen LogP contribution < -0.4 is 14.8 Å². The van der Waals surface area contributed by atoms with E-state index >= 15 is 0 Å². The number of carbonyl (C=O) groups is 1. The van der Waals surface area contributed by atoms with E-state index < -0.39 is 0 Å². The van der Waals surface area contributed by atoms with Crippen LogP contribution in [0.1, 0.15) is 36.7 Å². The highest BCUT2D eigenvalue weighted by molar-refractivity contribution is 7.20. The number of amides is 1. The normalized spacial score (nSPS) is 11.5. The molecule has 2 aromatic heterocycles. The fourth-order valence-electron chi connectivity index (χ4n) is 3.11. The van der Waals surface area contributed by atoms with E-state index in [1.54, 1.807) is 24.8 Å². The number of carbonyl (C=O) groups excluding carboxylic acids is 1. The van der Waals surface area contributed by atoms with Crippen molar-refractivity contribution in [3.05, 3.63) is 53.6 Å². The lowest BCUT2D eigenvalue weighted by Crippen LogP contribution is -2.14. The molecule has 0 saturated carbocycles. The molecule has 0 aliphatic carbocycles. The second-order valence-electron chi connectivity index (χ2n) is 7.98. The smallest absolute Gasteiger partial charge is 0.257 e. The molecule has 0 saturated heterocycles. The zero-order chi connectivity index (χ0) is 22.2. The van der Waals surface area contributed by atoms with Gasteiger partial charge in [0.25, 0.3) is 5.91 Å². The van der Waals surface area contributed by atoms with E-state index in [0.717, 1.165) is 5.56 Å². The van der Waals surface area contributed by atoms with Crippen molar-refractivity contribution < 1.29 is 14.3 Å². The monoisotopic (exact) mass is 437 g/mol. The van der Waals surface area contributed by atoms with Crippen LogP contribution in [0.25, 0.3) is 16.3 Å². The van der Waals surface area contributed by atoms with Crippen LogP contribution in [-0.2, 0) is 5.41 Å². The molecular weight excluding hydrogens is 414 g/mol. The van der Waals surface area contributed by atoms with Crippen molar-refractivity contribution in [2.45, 2.75) is 26.2 Å². The molecular formula is C22H23N5O3S. The number of rotatable bonds is 5. The van der Waals surface area contributed by atoms with Crippen LogP contribution >= 0.6 is 11.3 Å². The second-order valence-corrected chi connectivity index (χ2v) is 8.93. The predicted molar refractivity (Wildman–Crippen MR) is 120 cm³/mol. The number of benzene rings is 2. The third-order valence-electron chi connectivity index (χ3n) is 4.87. The van der Waals surface area contributed by atoms with E-state index in [1.165, 1.54) is 16.9 Å². The van der Waals surface area contributed by atoms with E-state index in [1.807, 2.05) is 36.4 Å². The maximum atomic E-state index is 12.7. The Labute approximate surface area is 183 Å². The Kier molecular flexibility index (Phi) is 5.36. The highest BCUT2D eigenvalue weighted by atomic mass is 32.1. The lowest BCUT2D eigenvalue weighted by atomic mass is 9.87. The van der Waals surface area contributed by atoms with Crippen molar-refractivity contribution in [1.29, 1.82) is 0 Å². The third kappa shape index (κ3) is 4.09. The molecule has 0 aliphatic heterocycles. The van der Waals surface area contributed by atoms with Gasteiger partial charge in [0.15, 0.2) is 17.3 Å². The van der Waals surface area contributed by atoms with E-state index in [0.29, 0.717) is 33.0 Å². The van der Waals surface area contributed by atoms with E-state index in [4.69, 9.17) is 9.47 Å². The molecule has 0 fully saturated rings. The van der Waals surface area contributed by atoms with Crippen molar-refractivity contribution in [3.8, 4) is 22.9 Å². The first kappa shape index (κ1) is 20.8. The molecule has 0 unspecified atom stereocenters. The molecule has 2 aromatic carbocycles. The van der Waals surface area contributed by atoms with Gasteiger partial charge in [0.1, 0.15) is 0 Å². The number of hydrogen-bond acceptors (Lipinski definition) is 7. The molecule has 0 radical (unpaired) electrons. The Bertz CT molecular complexity index is 1240. The van der Waals surface area contributed by atoms with Crippen LogP contribution in [-0.4, -0.2) is 39.9 Å². The summed E-state index contributed by atoms with van der Waals surface area (Å²) in [5, 5.41) is 16.2. The maximum Gasteiger partial charge on any atom is 0.257 e. The minimum atomic E-state index is -0.224. The summed E-state index contributed by atoms with van der Waals surface area (Å²) in [6.07, 6.45) is 0. The minimum absolute atomic E-state index is 0.0309. The van der Waals surface area contributed by atoms with Gasteiger partial charge in [-0.2, -0.15) is 4.52 Å². The molecule has 4 rings (SSSR count). The Morgan fingerprint density at radius 2 is 1.71 bits per heavy atom. The Balaban J connectivity index is 1.58. The minimum Gasteiger partial charge on any atom is -0.493 e. The van der Waals surface area contributed by atoms with Gasteiger partial charge < -0.3 is 9.47 Å². The second kappa shape index (κ2) is 7.99. The summed E-state index contributed by atoms with van der Waals surface area (Å²) in [4.78, 5) is 13.2. The summed E-state index contributed by atoms with van der Waals surface area (Å²) in [7, 11) is 3.16. The fraction of sp³-hybridized carbons (Fsp3) is 0.273. The average Bonchev–Trinajstić information content (AvgIpc) is 3.32. The van der Waals surface area contributed by atoms with Gasteiger partial charge in [-0.3, -0.25) is 10.1 Å². The van der Waals surface area contributed by atoms with Gasteiger partial charge in [0.05, 0.1) is 14.2 Å². The number of fused-ring (bicyclic) bond motifs is 1. The van der Waals surface area contributed by atoms with Crippen LogP contribution in [0.4, 0.5) is 5.13 Å². The lowest BCUT2D eigenvalue weighted by Gasteiger charge is -2.18. The maximum absolute atomic E-state index is 12.7. The van der Waals surface area contributed by atoms with Gasteiger partial charge in [0.2, 0.25) is 10.1 Å². The first-order chi connectivity index (χ1) is 14.8. The quantitative estimate of drug-likeness (QED) is 0.497. The number of ether oxygens (including phenoxy) is 2. The number of nitrogens with one attached hydrogen (secondary N) is 1. The number of aromatic nitrogens is 4. The van der Waals surface area contributed by atoms with Gasteiger partial charge in [-0.1, -0.05) is 44.2 Å². The molecule has 31 heavy (non-hydrogen) atoms. The molecule has 0 bridgehead atoms. The first-order valence-electron chi connectivity index (χ1n) is 9.66. The number of nitrogens with zero attached hydrogens (tertiary/aromatic N) is 4. The van der Waals surface area contributed by atoms with Gasteiger partial charge in [-0.05, 0) is 41.3 Å². The molecule has 160 valence electrons. The fourth-order valence-corrected chi connectivity index (χ4v) is 3.85. The summed E-state index contributed by atoms with van der Waals surface area (Å²) in [6, 6.07) is 13.1. The van der Waals surface area contributed by atoms with Gasteiger partial charge >= 0.3 is 0 Å². The summed E-state index contributed by atoms with van der Waals surface area (Å²) in [5.74, 6) is 1.52. The van der Waals surface area contributed by atoms with Crippen LogP contribution in [0.3, 0.4) is 0 Å². The van der Waals surface area contributed by atoms with Gasteiger partial charge in [-0.25, -0.2) is 0 Å². The van der Waals surface area contributed by atoms with Crippen molar-refractivity contribution in [3.63, 3.8) is 0 Å². The van der Waals surface area contributed by atoms with Crippen molar-refractivity contribution in [1.82, 2.24) is 19.8 Å². The van der Waals surface area contributed by atoms with Crippen molar-refractivity contribution >= 4 is 27.3 Å². The van der Waals surface area contributed by atoms with Gasteiger partial charge in [0, 0.05) is 11.1 Å². The summed E-state index contributed by atoms with van der Waals surface area (Å²) in [5.41, 5.74) is 2.54. The van der Waals surface area contributed by atoms with Crippen molar-refractivity contribution in [2.24, 2.45) is 0 Å². The SMILES string of the molecule is COc1ccc(-c2nnc3sc(NC(=O)c4ccc(C(C)(C)C)cc4)nn23)cc1OC. The topological polar surface area (TPSA) is 90.6 Å². The van der Waals surface area contributed by atoms with Gasteiger partial charge in [-0.15, -0.1) is 15.3 Å². The highest BCUT2D eigenvalue weighted by Crippen LogP contribution is 2.32. The van der Waals surface area contributed by atoms with E-state index in [2.05, 4.69) is 41.4 Å². The summed E-state index contributed by atoms with van der Waals surface area (Å²) < 4.78 is 12.3. The van der Waals surface area contributed by atoms with Crippen LogP contribution in [0.2, 0.25) is 0 Å². The largest absolute Gasteiger partial charge is 0.493 e. The molecule has 4 aromatic rings. The summed E-state index contributed by atoms with van der Waals surface area (Å²) >= 11 is 1.25. The molecule has 0 atom stereocenters. The average molecular weight is 438 g/mol. The predicted octanol–water partition coefficient (Wildman–Crippen LogP) is 4.42. The number of methoxy groups -OCH3 is 2. The number of hydrogen-bond donors (Lipinski definition) is 1. The number of anilines is 1. The van der Waals surface area contributed by atoms with E-state index in [9.17, 15) is 4.79 Å². The molecule has 9 heteroatoms. The molecule has 0 spiro atoms. The standard InChI is InChI=1S/C22H23N5O3S/c1-22(2,3)15-9-6-13(7-10-15)19(28)23-20-26-27-18(24-25-21(27)31-20)14-8-11-16(29-4)17(12-14)30-5/h6-12H,1-5H3,(H,23,26,28). The Morgan fingerprint density at radius 1 is 1.00 bits per heavy atom. The van der Waals surface area contributed by atoms with Crippen LogP contribution in [0, 0.1) is 0 Å². The van der Waals surface area contributed by atoms with E-state index in [-0.39, 0.29) is 11.3 Å². The molecule has 2 heterocycles. The molecule has 8 nitrogen and oxygen atoms in total. The highest BCUT2D eigenvalue weighted by Gasteiger charge is 2.18. The van der Waals surface area contributed by atoms with Crippen LogP contribution in [0.5, 0.6) is 11.5 Å². The third-order valence-corrected chi connectivity index (χ3v) is 5.68. The lowest BCUT2D eigenvalue weighted by molar-refractivity contribution is 0.102. The van der Waals surface area contributed by atoms with Crippen molar-refractivity contribution in [2.75, 3.05) is 19.5 Å². The molecule has 1 N–H and O–H groups in total. The summed E-state index contributed by atoms with van der Waals surface area (Å²) in [6.45, 7) is 6.41. The molecule has 0 aliphatic rings. The zero-order valence-corrected chi connectivity index (χ0v) is 18.8.